The van der Waals surface area contributed by atoms with Crippen LogP contribution >= 0.6 is 27.5 Å². The van der Waals surface area contributed by atoms with E-state index in [1.54, 1.807) is 0 Å². The summed E-state index contributed by atoms with van der Waals surface area (Å²) in [5, 5.41) is 9.90. The fourth-order valence-electron chi connectivity index (χ4n) is 0.912. The van der Waals surface area contributed by atoms with Gasteiger partial charge in [-0.3, -0.25) is 0 Å². The van der Waals surface area contributed by atoms with Crippen molar-refractivity contribution in [3.8, 4) is 17.2 Å². The predicted octanol–water partition coefficient (Wildman–Crippen LogP) is 2.83. The molecule has 0 aliphatic heterocycles. The summed E-state index contributed by atoms with van der Waals surface area (Å²) in [5.74, 6) is 0.668. The number of methoxy groups -OCH3 is 2. The Morgan fingerprint density at radius 2 is 2.00 bits per heavy atom. The van der Waals surface area contributed by atoms with Gasteiger partial charge < -0.3 is 14.6 Å². The van der Waals surface area contributed by atoms with Crippen molar-refractivity contribution < 1.29 is 14.6 Å². The highest BCUT2D eigenvalue weighted by Crippen LogP contribution is 2.45. The summed E-state index contributed by atoms with van der Waals surface area (Å²) >= 11 is 8.98. The van der Waals surface area contributed by atoms with E-state index in [1.807, 2.05) is 0 Å². The molecular weight excluding hydrogens is 259 g/mol. The molecule has 0 aliphatic rings. The lowest BCUT2D eigenvalue weighted by Crippen LogP contribution is -1.90. The molecule has 0 unspecified atom stereocenters. The molecule has 3 nitrogen and oxygen atoms in total. The van der Waals surface area contributed by atoms with Gasteiger partial charge in [-0.25, -0.2) is 0 Å². The topological polar surface area (TPSA) is 38.7 Å². The van der Waals surface area contributed by atoms with Crippen molar-refractivity contribution in [1.29, 1.82) is 0 Å². The van der Waals surface area contributed by atoms with Crippen LogP contribution in [0, 0.1) is 0 Å². The maximum atomic E-state index is 9.52. The Bertz CT molecular complexity index is 328. The van der Waals surface area contributed by atoms with Crippen molar-refractivity contribution in [3.05, 3.63) is 15.6 Å². The van der Waals surface area contributed by atoms with Crippen molar-refractivity contribution in [3.63, 3.8) is 0 Å². The van der Waals surface area contributed by atoms with E-state index in [0.29, 0.717) is 21.0 Å². The first-order valence-corrected chi connectivity index (χ1v) is 4.57. The number of rotatable bonds is 2. The van der Waals surface area contributed by atoms with Crippen LogP contribution in [0.15, 0.2) is 10.5 Å². The van der Waals surface area contributed by atoms with Crippen LogP contribution in [0.5, 0.6) is 17.2 Å². The highest BCUT2D eigenvalue weighted by molar-refractivity contribution is 9.10. The molecule has 0 aliphatic carbocycles. The van der Waals surface area contributed by atoms with Crippen molar-refractivity contribution >= 4 is 27.5 Å². The standard InChI is InChI=1S/C8H8BrClO3/c1-12-5-3-4(10)8(13-2)6(9)7(5)11/h3,11H,1-2H3. The van der Waals surface area contributed by atoms with Crippen molar-refractivity contribution in [2.45, 2.75) is 0 Å². The summed E-state index contributed by atoms with van der Waals surface area (Å²) in [6, 6.07) is 1.49. The first-order chi connectivity index (χ1) is 6.11. The molecule has 1 aromatic carbocycles. The number of hydrogen-bond acceptors (Lipinski definition) is 3. The molecule has 13 heavy (non-hydrogen) atoms. The number of aromatic hydroxyl groups is 1. The molecule has 0 heterocycles. The highest BCUT2D eigenvalue weighted by atomic mass is 79.9. The van der Waals surface area contributed by atoms with Gasteiger partial charge in [-0.05, 0) is 15.9 Å². The molecule has 1 rings (SSSR count). The van der Waals surface area contributed by atoms with Crippen molar-refractivity contribution in [1.82, 2.24) is 0 Å². The fraction of sp³-hybridized carbons (Fsp3) is 0.250. The molecule has 0 saturated heterocycles. The second-order valence-electron chi connectivity index (χ2n) is 2.26. The van der Waals surface area contributed by atoms with E-state index < -0.39 is 0 Å². The Morgan fingerprint density at radius 3 is 2.46 bits per heavy atom. The lowest BCUT2D eigenvalue weighted by Gasteiger charge is -2.10. The van der Waals surface area contributed by atoms with Crippen molar-refractivity contribution in [2.75, 3.05) is 14.2 Å². The van der Waals surface area contributed by atoms with E-state index in [9.17, 15) is 5.11 Å². The number of hydrogen-bond donors (Lipinski definition) is 1. The van der Waals surface area contributed by atoms with Crippen LogP contribution in [-0.2, 0) is 0 Å². The van der Waals surface area contributed by atoms with Gasteiger partial charge in [0.25, 0.3) is 0 Å². The third kappa shape index (κ3) is 1.84. The summed E-state index contributed by atoms with van der Waals surface area (Å²) in [7, 11) is 2.92. The maximum absolute atomic E-state index is 9.52. The minimum absolute atomic E-state index is 0.0243. The molecule has 0 spiro atoms. The summed E-state index contributed by atoms with van der Waals surface area (Å²) in [6.07, 6.45) is 0. The number of phenols is 1. The van der Waals surface area contributed by atoms with Crippen LogP contribution in [0.1, 0.15) is 0 Å². The van der Waals surface area contributed by atoms with Gasteiger partial charge in [0, 0.05) is 6.07 Å². The monoisotopic (exact) mass is 266 g/mol. The first-order valence-electron chi connectivity index (χ1n) is 3.40. The molecule has 0 radical (unpaired) electrons. The van der Waals surface area contributed by atoms with E-state index in [-0.39, 0.29) is 5.75 Å². The Balaban J connectivity index is 3.37. The average Bonchev–Trinajstić information content (AvgIpc) is 2.12. The molecular formula is C8H8BrClO3. The van der Waals surface area contributed by atoms with E-state index in [1.165, 1.54) is 20.3 Å². The van der Waals surface area contributed by atoms with Crippen LogP contribution < -0.4 is 9.47 Å². The number of halogens is 2. The maximum Gasteiger partial charge on any atom is 0.176 e. The summed E-state index contributed by atoms with van der Waals surface area (Å²) in [5.41, 5.74) is 0. The minimum Gasteiger partial charge on any atom is -0.503 e. The quantitative estimate of drug-likeness (QED) is 0.895. The van der Waals surface area contributed by atoms with Crippen LogP contribution in [0.4, 0.5) is 0 Å². The zero-order chi connectivity index (χ0) is 10.0. The lowest BCUT2D eigenvalue weighted by molar-refractivity contribution is 0.363. The second kappa shape index (κ2) is 4.07. The Hall–Kier alpha value is -0.610. The molecule has 0 atom stereocenters. The molecule has 1 N–H and O–H groups in total. The van der Waals surface area contributed by atoms with E-state index in [4.69, 9.17) is 21.1 Å². The molecule has 5 heteroatoms. The zero-order valence-electron chi connectivity index (χ0n) is 7.10. The normalized spacial score (nSPS) is 9.85. The largest absolute Gasteiger partial charge is 0.503 e. The summed E-state index contributed by atoms with van der Waals surface area (Å²) < 4.78 is 10.2. The van der Waals surface area contributed by atoms with E-state index in [2.05, 4.69) is 15.9 Å². The fourth-order valence-corrected chi connectivity index (χ4v) is 1.87. The number of benzene rings is 1. The molecule has 0 fully saturated rings. The van der Waals surface area contributed by atoms with Crippen LogP contribution in [0.25, 0.3) is 0 Å². The van der Waals surface area contributed by atoms with Crippen LogP contribution in [0.3, 0.4) is 0 Å². The first kappa shape index (κ1) is 10.5. The number of phenolic OH excluding ortho intramolecular Hbond substituents is 1. The third-order valence-electron chi connectivity index (χ3n) is 1.54. The molecule has 0 aromatic heterocycles. The van der Waals surface area contributed by atoms with E-state index >= 15 is 0 Å². The number of ether oxygens (including phenoxy) is 2. The van der Waals surface area contributed by atoms with Gasteiger partial charge in [0.1, 0.15) is 4.47 Å². The van der Waals surface area contributed by atoms with Crippen LogP contribution in [0.2, 0.25) is 5.02 Å². The minimum atomic E-state index is -0.0243. The molecule has 0 amide bonds. The van der Waals surface area contributed by atoms with Gasteiger partial charge in [0.05, 0.1) is 19.2 Å². The summed E-state index contributed by atoms with van der Waals surface area (Å²) in [4.78, 5) is 0. The molecule has 1 aromatic rings. The average molecular weight is 268 g/mol. The van der Waals surface area contributed by atoms with Gasteiger partial charge in [-0.1, -0.05) is 11.6 Å². The lowest BCUT2D eigenvalue weighted by atomic mass is 10.3. The molecule has 0 bridgehead atoms. The van der Waals surface area contributed by atoms with Gasteiger partial charge in [0.2, 0.25) is 0 Å². The van der Waals surface area contributed by atoms with E-state index in [0.717, 1.165) is 0 Å². The second-order valence-corrected chi connectivity index (χ2v) is 3.46. The van der Waals surface area contributed by atoms with Gasteiger partial charge in [-0.15, -0.1) is 0 Å². The van der Waals surface area contributed by atoms with Crippen LogP contribution in [-0.4, -0.2) is 19.3 Å². The Morgan fingerprint density at radius 1 is 1.38 bits per heavy atom. The Labute approximate surface area is 89.4 Å². The van der Waals surface area contributed by atoms with Gasteiger partial charge in [0.15, 0.2) is 17.2 Å². The van der Waals surface area contributed by atoms with Crippen molar-refractivity contribution in [2.24, 2.45) is 0 Å². The zero-order valence-corrected chi connectivity index (χ0v) is 9.44. The summed E-state index contributed by atoms with van der Waals surface area (Å²) in [6.45, 7) is 0. The highest BCUT2D eigenvalue weighted by Gasteiger charge is 2.15. The molecule has 0 saturated carbocycles. The third-order valence-corrected chi connectivity index (χ3v) is 2.56. The van der Waals surface area contributed by atoms with Gasteiger partial charge in [-0.2, -0.15) is 0 Å². The van der Waals surface area contributed by atoms with Gasteiger partial charge >= 0.3 is 0 Å². The smallest absolute Gasteiger partial charge is 0.176 e. The SMILES string of the molecule is COc1cc(Cl)c(OC)c(Br)c1O. The predicted molar refractivity (Wildman–Crippen MR) is 53.9 cm³/mol. The Kier molecular flexibility index (Phi) is 3.27. The molecule has 72 valence electrons.